The van der Waals surface area contributed by atoms with Gasteiger partial charge in [-0.05, 0) is 37.3 Å². The summed E-state index contributed by atoms with van der Waals surface area (Å²) in [6, 6.07) is 2.71. The van der Waals surface area contributed by atoms with Crippen molar-refractivity contribution < 1.29 is 18.4 Å². The normalized spacial score (nSPS) is 21.4. The van der Waals surface area contributed by atoms with Gasteiger partial charge < -0.3 is 15.1 Å². The van der Waals surface area contributed by atoms with Crippen LogP contribution in [-0.4, -0.2) is 52.0 Å². The molecule has 1 aliphatic carbocycles. The van der Waals surface area contributed by atoms with Crippen molar-refractivity contribution in [3.8, 4) is 0 Å². The van der Waals surface area contributed by atoms with Crippen LogP contribution in [0.25, 0.3) is 0 Å². The molecule has 0 atom stereocenters. The van der Waals surface area contributed by atoms with Gasteiger partial charge >= 0.3 is 6.03 Å². The van der Waals surface area contributed by atoms with E-state index in [2.05, 4.69) is 10.2 Å². The molecule has 30 heavy (non-hydrogen) atoms. The third kappa shape index (κ3) is 4.58. The molecule has 2 saturated heterocycles. The third-order valence-electron chi connectivity index (χ3n) is 6.72. The van der Waals surface area contributed by atoms with Crippen molar-refractivity contribution in [1.29, 1.82) is 0 Å². The highest BCUT2D eigenvalue weighted by molar-refractivity contribution is 8.00. The zero-order valence-corrected chi connectivity index (χ0v) is 18.0. The Hall–Kier alpha value is -1.83. The fraction of sp³-hybridized carbons (Fsp3) is 0.636. The molecule has 1 aromatic carbocycles. The minimum absolute atomic E-state index is 0.0272. The number of hydrogen-bond donors (Lipinski definition) is 1. The van der Waals surface area contributed by atoms with Gasteiger partial charge in [0.2, 0.25) is 5.91 Å². The Kier molecular flexibility index (Phi) is 6.51. The van der Waals surface area contributed by atoms with Gasteiger partial charge in [0.25, 0.3) is 0 Å². The minimum atomic E-state index is -0.790. The largest absolute Gasteiger partial charge is 0.327 e. The summed E-state index contributed by atoms with van der Waals surface area (Å²) in [6.07, 6.45) is 8.15. The summed E-state index contributed by atoms with van der Waals surface area (Å²) in [4.78, 5) is 29.0. The van der Waals surface area contributed by atoms with E-state index in [0.717, 1.165) is 30.9 Å². The SMILES string of the molecule is O=C(Nc1ccc(F)cc1F)N1CCC2(CC1)SCCN2C(=O)CCC1CCCC1. The zero-order valence-electron chi connectivity index (χ0n) is 17.2. The first kappa shape index (κ1) is 21.4. The number of thioether (sulfide) groups is 1. The number of piperidine rings is 1. The zero-order chi connectivity index (χ0) is 21.1. The molecule has 1 aromatic rings. The summed E-state index contributed by atoms with van der Waals surface area (Å²) in [7, 11) is 0. The van der Waals surface area contributed by atoms with E-state index in [9.17, 15) is 18.4 Å². The molecule has 0 radical (unpaired) electrons. The molecule has 1 spiro atoms. The lowest BCUT2D eigenvalue weighted by Gasteiger charge is -2.44. The van der Waals surface area contributed by atoms with E-state index < -0.39 is 17.7 Å². The highest BCUT2D eigenvalue weighted by Gasteiger charge is 2.46. The van der Waals surface area contributed by atoms with Gasteiger partial charge in [-0.2, -0.15) is 0 Å². The van der Waals surface area contributed by atoms with Crippen LogP contribution in [0.5, 0.6) is 0 Å². The average molecular weight is 438 g/mol. The van der Waals surface area contributed by atoms with Gasteiger partial charge in [0.05, 0.1) is 10.6 Å². The summed E-state index contributed by atoms with van der Waals surface area (Å²) in [5.74, 6) is 0.418. The molecule has 2 aliphatic heterocycles. The number of likely N-dealkylation sites (tertiary alicyclic amines) is 1. The lowest BCUT2D eigenvalue weighted by molar-refractivity contribution is -0.134. The minimum Gasteiger partial charge on any atom is -0.327 e. The molecule has 3 fully saturated rings. The van der Waals surface area contributed by atoms with Gasteiger partial charge in [-0.25, -0.2) is 13.6 Å². The summed E-state index contributed by atoms with van der Waals surface area (Å²) < 4.78 is 26.9. The van der Waals surface area contributed by atoms with Crippen LogP contribution in [0.3, 0.4) is 0 Å². The fourth-order valence-electron chi connectivity index (χ4n) is 4.98. The quantitative estimate of drug-likeness (QED) is 0.734. The van der Waals surface area contributed by atoms with E-state index in [0.29, 0.717) is 38.3 Å². The van der Waals surface area contributed by atoms with Crippen molar-refractivity contribution in [3.05, 3.63) is 29.8 Å². The molecule has 3 aliphatic rings. The van der Waals surface area contributed by atoms with E-state index in [1.807, 2.05) is 11.8 Å². The van der Waals surface area contributed by atoms with Crippen molar-refractivity contribution >= 4 is 29.4 Å². The Morgan fingerprint density at radius 2 is 1.87 bits per heavy atom. The molecule has 8 heteroatoms. The molecule has 1 N–H and O–H groups in total. The number of rotatable bonds is 4. The van der Waals surface area contributed by atoms with Gasteiger partial charge in [0.1, 0.15) is 11.6 Å². The highest BCUT2D eigenvalue weighted by atomic mass is 32.2. The molecule has 2 heterocycles. The molecule has 0 unspecified atom stereocenters. The second-order valence-electron chi connectivity index (χ2n) is 8.57. The Balaban J connectivity index is 1.31. The number of nitrogens with zero attached hydrogens (tertiary/aromatic N) is 2. The Bertz CT molecular complexity index is 793. The lowest BCUT2D eigenvalue weighted by atomic mass is 9.99. The van der Waals surface area contributed by atoms with Crippen molar-refractivity contribution in [3.63, 3.8) is 0 Å². The Morgan fingerprint density at radius 3 is 2.57 bits per heavy atom. The summed E-state index contributed by atoms with van der Waals surface area (Å²) in [5, 5.41) is 2.53. The van der Waals surface area contributed by atoms with E-state index in [-0.39, 0.29) is 16.5 Å². The van der Waals surface area contributed by atoms with Crippen LogP contribution < -0.4 is 5.32 Å². The van der Waals surface area contributed by atoms with Crippen molar-refractivity contribution in [2.24, 2.45) is 5.92 Å². The number of halogens is 2. The number of urea groups is 1. The van der Waals surface area contributed by atoms with Crippen molar-refractivity contribution in [2.75, 3.05) is 30.7 Å². The van der Waals surface area contributed by atoms with E-state index >= 15 is 0 Å². The fourth-order valence-corrected chi connectivity index (χ4v) is 6.45. The predicted octanol–water partition coefficient (Wildman–Crippen LogP) is 4.83. The maximum absolute atomic E-state index is 13.8. The standard InChI is InChI=1S/C22H29F2N3O2S/c23-17-6-7-19(18(24)15-17)25-21(29)26-11-9-22(10-12-26)27(13-14-30-22)20(28)8-5-16-3-1-2-4-16/h6-7,15-16H,1-5,8-14H2,(H,25,29). The van der Waals surface area contributed by atoms with Crippen molar-refractivity contribution in [1.82, 2.24) is 9.80 Å². The maximum Gasteiger partial charge on any atom is 0.321 e. The van der Waals surface area contributed by atoms with Crippen LogP contribution in [-0.2, 0) is 4.79 Å². The molecule has 5 nitrogen and oxygen atoms in total. The first-order valence-electron chi connectivity index (χ1n) is 10.9. The number of anilines is 1. The molecular weight excluding hydrogens is 408 g/mol. The van der Waals surface area contributed by atoms with Gasteiger partial charge in [0, 0.05) is 37.9 Å². The van der Waals surface area contributed by atoms with Gasteiger partial charge in [-0.15, -0.1) is 11.8 Å². The first-order chi connectivity index (χ1) is 14.5. The van der Waals surface area contributed by atoms with Crippen molar-refractivity contribution in [2.45, 2.75) is 56.2 Å². The van der Waals surface area contributed by atoms with E-state index in [4.69, 9.17) is 0 Å². The lowest BCUT2D eigenvalue weighted by Crippen LogP contribution is -2.54. The average Bonchev–Trinajstić information content (AvgIpc) is 3.39. The second kappa shape index (κ2) is 9.12. The Labute approximate surface area is 180 Å². The molecule has 0 bridgehead atoms. The van der Waals surface area contributed by atoms with Crippen LogP contribution in [0.2, 0.25) is 0 Å². The van der Waals surface area contributed by atoms with Crippen LogP contribution in [0.1, 0.15) is 51.4 Å². The molecule has 4 rings (SSSR count). The maximum atomic E-state index is 13.8. The number of nitrogens with one attached hydrogen (secondary N) is 1. The van der Waals surface area contributed by atoms with Gasteiger partial charge in [-0.3, -0.25) is 4.79 Å². The number of hydrogen-bond acceptors (Lipinski definition) is 3. The number of amides is 3. The smallest absolute Gasteiger partial charge is 0.321 e. The van der Waals surface area contributed by atoms with E-state index in [1.54, 1.807) is 4.90 Å². The third-order valence-corrected chi connectivity index (χ3v) is 8.28. The molecule has 0 aromatic heterocycles. The highest BCUT2D eigenvalue weighted by Crippen LogP contribution is 2.44. The number of benzene rings is 1. The number of carbonyl (C=O) groups is 2. The monoisotopic (exact) mass is 437 g/mol. The predicted molar refractivity (Wildman–Crippen MR) is 114 cm³/mol. The van der Waals surface area contributed by atoms with E-state index in [1.165, 1.54) is 31.7 Å². The van der Waals surface area contributed by atoms with Crippen LogP contribution in [0.15, 0.2) is 18.2 Å². The molecule has 1 saturated carbocycles. The van der Waals surface area contributed by atoms with Gasteiger partial charge in [-0.1, -0.05) is 25.7 Å². The summed E-state index contributed by atoms with van der Waals surface area (Å²) in [5.41, 5.74) is -0.0272. The number of carbonyl (C=O) groups excluding carboxylic acids is 2. The Morgan fingerprint density at radius 1 is 1.13 bits per heavy atom. The summed E-state index contributed by atoms with van der Waals surface area (Å²) >= 11 is 1.83. The molecule has 164 valence electrons. The topological polar surface area (TPSA) is 52.7 Å². The molecule has 3 amide bonds. The first-order valence-corrected chi connectivity index (χ1v) is 11.9. The summed E-state index contributed by atoms with van der Waals surface area (Å²) in [6.45, 7) is 1.79. The van der Waals surface area contributed by atoms with Crippen LogP contribution >= 0.6 is 11.8 Å². The van der Waals surface area contributed by atoms with Crippen LogP contribution in [0.4, 0.5) is 19.3 Å². The molecular formula is C22H29F2N3O2S. The van der Waals surface area contributed by atoms with Crippen LogP contribution in [0, 0.1) is 17.6 Å². The second-order valence-corrected chi connectivity index (χ2v) is 10.0. The van der Waals surface area contributed by atoms with Gasteiger partial charge in [0.15, 0.2) is 0 Å².